The van der Waals surface area contributed by atoms with E-state index in [1.165, 1.54) is 0 Å². The van der Waals surface area contributed by atoms with E-state index in [1.54, 1.807) is 12.1 Å². The first-order valence-corrected chi connectivity index (χ1v) is 2.71. The number of benzene rings is 1. The van der Waals surface area contributed by atoms with Crippen LogP contribution in [0.3, 0.4) is 0 Å². The van der Waals surface area contributed by atoms with E-state index in [4.69, 9.17) is 5.26 Å². The van der Waals surface area contributed by atoms with Gasteiger partial charge in [-0.2, -0.15) is 5.26 Å². The highest BCUT2D eigenvalue weighted by molar-refractivity contribution is 5.29. The summed E-state index contributed by atoms with van der Waals surface area (Å²) in [6.07, 6.45) is 0. The Bertz CT molecular complexity index is 228. The quantitative estimate of drug-likeness (QED) is 0.505. The van der Waals surface area contributed by atoms with Crippen LogP contribution in [0, 0.1) is 24.3 Å². The van der Waals surface area contributed by atoms with Crippen LogP contribution in [0.4, 0.5) is 0 Å². The summed E-state index contributed by atoms with van der Waals surface area (Å²) in [6.45, 7) is 1.95. The summed E-state index contributed by atoms with van der Waals surface area (Å²) in [7, 11) is 0. The maximum atomic E-state index is 8.36. The second kappa shape index (κ2) is 2.32. The van der Waals surface area contributed by atoms with Crippen molar-refractivity contribution in [1.82, 2.24) is 0 Å². The predicted octanol–water partition coefficient (Wildman–Crippen LogP) is 1.67. The van der Waals surface area contributed by atoms with Crippen molar-refractivity contribution >= 4 is 0 Å². The molecule has 43 valence electrons. The summed E-state index contributed by atoms with van der Waals surface area (Å²) in [4.78, 5) is 0. The van der Waals surface area contributed by atoms with Crippen LogP contribution in [0.5, 0.6) is 0 Å². The van der Waals surface area contributed by atoms with E-state index in [2.05, 4.69) is 6.07 Å². The molecular formula is C8H6N. The number of nitrogens with zero attached hydrogens (tertiary/aromatic N) is 1. The molecule has 0 N–H and O–H groups in total. The predicted molar refractivity (Wildman–Crippen MR) is 34.7 cm³/mol. The first kappa shape index (κ1) is 5.84. The molecule has 1 heteroatoms. The van der Waals surface area contributed by atoms with E-state index < -0.39 is 0 Å². The molecule has 0 saturated heterocycles. The zero-order chi connectivity index (χ0) is 6.69. The summed E-state index contributed by atoms with van der Waals surface area (Å²) in [5.41, 5.74) is 1.73. The number of hydrogen-bond acceptors (Lipinski definition) is 1. The molecule has 0 atom stereocenters. The second-order valence-electron chi connectivity index (χ2n) is 1.87. The van der Waals surface area contributed by atoms with E-state index in [1.807, 2.05) is 19.1 Å². The smallest absolute Gasteiger partial charge is 0.0991 e. The molecule has 0 saturated carbocycles. The van der Waals surface area contributed by atoms with Gasteiger partial charge in [-0.3, -0.25) is 0 Å². The lowest BCUT2D eigenvalue weighted by Crippen LogP contribution is -1.73. The van der Waals surface area contributed by atoms with Crippen LogP contribution in [-0.4, -0.2) is 0 Å². The zero-order valence-electron chi connectivity index (χ0n) is 5.18. The molecule has 0 aliphatic carbocycles. The third-order valence-electron chi connectivity index (χ3n) is 1.10. The molecule has 1 radical (unpaired) electrons. The highest BCUT2D eigenvalue weighted by Gasteiger charge is 1.85. The Morgan fingerprint density at radius 1 is 1.56 bits per heavy atom. The molecule has 0 amide bonds. The summed E-state index contributed by atoms with van der Waals surface area (Å²) >= 11 is 0. The van der Waals surface area contributed by atoms with Gasteiger partial charge in [0.05, 0.1) is 11.6 Å². The van der Waals surface area contributed by atoms with Crippen LogP contribution in [0.2, 0.25) is 0 Å². The van der Waals surface area contributed by atoms with Gasteiger partial charge in [0.15, 0.2) is 0 Å². The minimum absolute atomic E-state index is 0.667. The Labute approximate surface area is 54.6 Å². The van der Waals surface area contributed by atoms with Gasteiger partial charge in [0.25, 0.3) is 0 Å². The van der Waals surface area contributed by atoms with Crippen LogP contribution in [-0.2, 0) is 0 Å². The van der Waals surface area contributed by atoms with Crippen molar-refractivity contribution in [3.63, 3.8) is 0 Å². The summed E-state index contributed by atoms with van der Waals surface area (Å²) in [5.74, 6) is 0. The molecular weight excluding hydrogens is 110 g/mol. The van der Waals surface area contributed by atoms with Crippen molar-refractivity contribution in [2.24, 2.45) is 0 Å². The van der Waals surface area contributed by atoms with Crippen molar-refractivity contribution in [3.05, 3.63) is 35.4 Å². The minimum atomic E-state index is 0.667. The van der Waals surface area contributed by atoms with Crippen LogP contribution < -0.4 is 0 Å². The Morgan fingerprint density at radius 3 is 2.78 bits per heavy atom. The summed E-state index contributed by atoms with van der Waals surface area (Å²) < 4.78 is 0. The molecule has 0 aliphatic rings. The summed E-state index contributed by atoms with van der Waals surface area (Å²) in [5, 5.41) is 8.36. The van der Waals surface area contributed by atoms with Gasteiger partial charge < -0.3 is 0 Å². The fraction of sp³-hybridized carbons (Fsp3) is 0.125. The van der Waals surface area contributed by atoms with Crippen molar-refractivity contribution < 1.29 is 0 Å². The summed E-state index contributed by atoms with van der Waals surface area (Å²) in [6, 6.07) is 10.3. The Morgan fingerprint density at radius 2 is 2.33 bits per heavy atom. The molecule has 1 aromatic carbocycles. The van der Waals surface area contributed by atoms with Crippen molar-refractivity contribution in [3.8, 4) is 6.07 Å². The number of hydrogen-bond donors (Lipinski definition) is 0. The monoisotopic (exact) mass is 116 g/mol. The Kier molecular flexibility index (Phi) is 1.51. The lowest BCUT2D eigenvalue weighted by atomic mass is 10.2. The highest BCUT2D eigenvalue weighted by Crippen LogP contribution is 1.98. The maximum Gasteiger partial charge on any atom is 0.0991 e. The highest BCUT2D eigenvalue weighted by atomic mass is 14.2. The van der Waals surface area contributed by atoms with E-state index in [0.717, 1.165) is 5.56 Å². The van der Waals surface area contributed by atoms with Crippen LogP contribution in [0.25, 0.3) is 0 Å². The fourth-order valence-corrected chi connectivity index (χ4v) is 0.572. The van der Waals surface area contributed by atoms with Crippen molar-refractivity contribution in [1.29, 1.82) is 5.26 Å². The largest absolute Gasteiger partial charge is 0.192 e. The number of nitriles is 1. The molecule has 0 fully saturated rings. The zero-order valence-corrected chi connectivity index (χ0v) is 5.18. The number of aryl methyl sites for hydroxylation is 1. The molecule has 0 bridgehead atoms. The standard InChI is InChI=1S/C8H6N/c1-7-2-4-8(6-9)5-3-7/h2,4-5H,1H3. The number of rotatable bonds is 0. The fourth-order valence-electron chi connectivity index (χ4n) is 0.572. The molecule has 1 aromatic rings. The van der Waals surface area contributed by atoms with E-state index in [9.17, 15) is 0 Å². The third-order valence-corrected chi connectivity index (χ3v) is 1.10. The van der Waals surface area contributed by atoms with Gasteiger partial charge in [-0.25, -0.2) is 0 Å². The lowest BCUT2D eigenvalue weighted by Gasteiger charge is -1.87. The Hall–Kier alpha value is -1.29. The molecule has 0 spiro atoms. The van der Waals surface area contributed by atoms with Gasteiger partial charge in [0.2, 0.25) is 0 Å². The van der Waals surface area contributed by atoms with Gasteiger partial charge in [-0.05, 0) is 30.7 Å². The molecule has 1 rings (SSSR count). The normalized spacial score (nSPS) is 8.44. The Balaban J connectivity index is 3.06. The first-order chi connectivity index (χ1) is 4.33. The lowest BCUT2D eigenvalue weighted by molar-refractivity contribution is 1.42. The van der Waals surface area contributed by atoms with E-state index in [0.29, 0.717) is 5.56 Å². The molecule has 0 unspecified atom stereocenters. The van der Waals surface area contributed by atoms with Gasteiger partial charge in [-0.1, -0.05) is 6.07 Å². The average molecular weight is 116 g/mol. The molecule has 0 aromatic heterocycles. The molecule has 0 aliphatic heterocycles. The van der Waals surface area contributed by atoms with Crippen molar-refractivity contribution in [2.75, 3.05) is 0 Å². The SMILES string of the molecule is Cc1[c]cc(C#N)cc1. The van der Waals surface area contributed by atoms with E-state index in [-0.39, 0.29) is 0 Å². The van der Waals surface area contributed by atoms with Gasteiger partial charge in [0.1, 0.15) is 0 Å². The van der Waals surface area contributed by atoms with Crippen LogP contribution in [0.1, 0.15) is 11.1 Å². The van der Waals surface area contributed by atoms with Crippen LogP contribution >= 0.6 is 0 Å². The second-order valence-corrected chi connectivity index (χ2v) is 1.87. The third kappa shape index (κ3) is 1.30. The van der Waals surface area contributed by atoms with Gasteiger partial charge in [-0.15, -0.1) is 0 Å². The molecule has 9 heavy (non-hydrogen) atoms. The maximum absolute atomic E-state index is 8.36. The van der Waals surface area contributed by atoms with Crippen LogP contribution in [0.15, 0.2) is 18.2 Å². The molecule has 0 heterocycles. The average Bonchev–Trinajstić information content (AvgIpc) is 1.90. The minimum Gasteiger partial charge on any atom is -0.192 e. The van der Waals surface area contributed by atoms with E-state index >= 15 is 0 Å². The van der Waals surface area contributed by atoms with Gasteiger partial charge >= 0.3 is 0 Å². The van der Waals surface area contributed by atoms with Gasteiger partial charge in [0, 0.05) is 0 Å². The molecule has 1 nitrogen and oxygen atoms in total. The first-order valence-electron chi connectivity index (χ1n) is 2.71. The topological polar surface area (TPSA) is 23.8 Å². The van der Waals surface area contributed by atoms with Crippen molar-refractivity contribution in [2.45, 2.75) is 6.92 Å².